The van der Waals surface area contributed by atoms with Gasteiger partial charge in [-0.05, 0) is 28.6 Å². The molecule has 23 heavy (non-hydrogen) atoms. The van der Waals surface area contributed by atoms with E-state index in [9.17, 15) is 5.11 Å². The molecule has 0 spiro atoms. The van der Waals surface area contributed by atoms with Crippen LogP contribution in [0, 0.1) is 0 Å². The molecule has 3 nitrogen and oxygen atoms in total. The van der Waals surface area contributed by atoms with Crippen molar-refractivity contribution < 1.29 is 9.76 Å². The Morgan fingerprint density at radius 2 is 1.52 bits per heavy atom. The van der Waals surface area contributed by atoms with Gasteiger partial charge in [0.05, 0.1) is 18.9 Å². The first-order valence-corrected chi connectivity index (χ1v) is 7.63. The molecule has 4 heteroatoms. The minimum absolute atomic E-state index is 0.0467. The largest absolute Gasteiger partial charge is 0.421 e. The third kappa shape index (κ3) is 4.06. The van der Waals surface area contributed by atoms with Crippen LogP contribution in [0.3, 0.4) is 0 Å². The van der Waals surface area contributed by atoms with E-state index in [1.54, 1.807) is 6.20 Å². The SMILES string of the molecule is OCc1ccc(B(OCc2ccccn2)c2ccccc2)cc1. The van der Waals surface area contributed by atoms with Gasteiger partial charge in [0.15, 0.2) is 0 Å². The summed E-state index contributed by atoms with van der Waals surface area (Å²) in [6, 6.07) is 23.8. The molecule has 2 aromatic carbocycles. The lowest BCUT2D eigenvalue weighted by molar-refractivity contribution is 0.282. The minimum Gasteiger partial charge on any atom is -0.421 e. The van der Waals surface area contributed by atoms with Crippen LogP contribution in [0.15, 0.2) is 79.0 Å². The van der Waals surface area contributed by atoms with E-state index < -0.39 is 0 Å². The van der Waals surface area contributed by atoms with Crippen LogP contribution in [0.2, 0.25) is 0 Å². The van der Waals surface area contributed by atoms with Crippen LogP contribution < -0.4 is 10.9 Å². The molecule has 0 fully saturated rings. The second-order valence-electron chi connectivity index (χ2n) is 5.32. The zero-order valence-corrected chi connectivity index (χ0v) is 12.8. The van der Waals surface area contributed by atoms with E-state index in [0.29, 0.717) is 6.61 Å². The van der Waals surface area contributed by atoms with Gasteiger partial charge in [0.1, 0.15) is 0 Å². The summed E-state index contributed by atoms with van der Waals surface area (Å²) in [6.07, 6.45) is 1.77. The van der Waals surface area contributed by atoms with Crippen molar-refractivity contribution in [3.05, 3.63) is 90.3 Å². The molecule has 1 N–H and O–H groups in total. The van der Waals surface area contributed by atoms with Crippen LogP contribution in [0.25, 0.3) is 0 Å². The van der Waals surface area contributed by atoms with Crippen molar-refractivity contribution in [3.63, 3.8) is 0 Å². The quantitative estimate of drug-likeness (QED) is 0.707. The molecule has 0 unspecified atom stereocenters. The molecule has 0 amide bonds. The van der Waals surface area contributed by atoms with Crippen LogP contribution in [-0.2, 0) is 17.9 Å². The maximum absolute atomic E-state index is 9.20. The van der Waals surface area contributed by atoms with Crippen molar-refractivity contribution in [1.29, 1.82) is 0 Å². The van der Waals surface area contributed by atoms with E-state index in [4.69, 9.17) is 4.65 Å². The second-order valence-corrected chi connectivity index (χ2v) is 5.32. The minimum atomic E-state index is -0.161. The number of aliphatic hydroxyl groups excluding tert-OH is 1. The number of aromatic nitrogens is 1. The zero-order chi connectivity index (χ0) is 15.9. The highest BCUT2D eigenvalue weighted by Gasteiger charge is 2.21. The number of benzene rings is 2. The lowest BCUT2D eigenvalue weighted by Gasteiger charge is -2.15. The van der Waals surface area contributed by atoms with Gasteiger partial charge in [-0.2, -0.15) is 0 Å². The van der Waals surface area contributed by atoms with Crippen LogP contribution in [0.5, 0.6) is 0 Å². The maximum atomic E-state index is 9.20. The Balaban J connectivity index is 1.84. The lowest BCUT2D eigenvalue weighted by Crippen LogP contribution is -2.44. The van der Waals surface area contributed by atoms with Crippen LogP contribution >= 0.6 is 0 Å². The predicted octanol–water partition coefficient (Wildman–Crippen LogP) is 1.90. The monoisotopic (exact) mass is 303 g/mol. The summed E-state index contributed by atoms with van der Waals surface area (Å²) in [5, 5.41) is 9.20. The van der Waals surface area contributed by atoms with Crippen molar-refractivity contribution in [2.45, 2.75) is 13.2 Å². The fourth-order valence-electron chi connectivity index (χ4n) is 2.46. The summed E-state index contributed by atoms with van der Waals surface area (Å²) in [5.41, 5.74) is 3.95. The fourth-order valence-corrected chi connectivity index (χ4v) is 2.46. The van der Waals surface area contributed by atoms with Gasteiger partial charge in [0.2, 0.25) is 0 Å². The zero-order valence-electron chi connectivity index (χ0n) is 12.8. The van der Waals surface area contributed by atoms with E-state index in [1.807, 2.05) is 60.7 Å². The van der Waals surface area contributed by atoms with Gasteiger partial charge < -0.3 is 9.76 Å². The highest BCUT2D eigenvalue weighted by atomic mass is 16.4. The molecule has 1 heterocycles. The molecule has 0 aliphatic carbocycles. The molecule has 0 bridgehead atoms. The van der Waals surface area contributed by atoms with Gasteiger partial charge in [0, 0.05) is 6.20 Å². The van der Waals surface area contributed by atoms with Crippen LogP contribution in [-0.4, -0.2) is 17.0 Å². The Bertz CT molecular complexity index is 717. The van der Waals surface area contributed by atoms with E-state index in [2.05, 4.69) is 17.1 Å². The van der Waals surface area contributed by atoms with Crippen molar-refractivity contribution >= 4 is 17.8 Å². The molecular weight excluding hydrogens is 285 g/mol. The topological polar surface area (TPSA) is 42.4 Å². The molecular formula is C19H18BNO2. The lowest BCUT2D eigenvalue weighted by atomic mass is 9.55. The van der Waals surface area contributed by atoms with Gasteiger partial charge in [-0.1, -0.05) is 60.7 Å². The normalized spacial score (nSPS) is 10.5. The van der Waals surface area contributed by atoms with Crippen LogP contribution in [0.1, 0.15) is 11.3 Å². The fraction of sp³-hybridized carbons (Fsp3) is 0.105. The first kappa shape index (κ1) is 15.5. The van der Waals surface area contributed by atoms with Crippen molar-refractivity contribution in [2.75, 3.05) is 0 Å². The number of pyridine rings is 1. The summed E-state index contributed by atoms with van der Waals surface area (Å²) < 4.78 is 6.15. The highest BCUT2D eigenvalue weighted by molar-refractivity contribution is 6.80. The van der Waals surface area contributed by atoms with Crippen molar-refractivity contribution in [2.24, 2.45) is 0 Å². The van der Waals surface area contributed by atoms with E-state index in [-0.39, 0.29) is 13.5 Å². The average Bonchev–Trinajstić information content (AvgIpc) is 2.64. The molecule has 1 aromatic heterocycles. The van der Waals surface area contributed by atoms with Crippen LogP contribution in [0.4, 0.5) is 0 Å². The van der Waals surface area contributed by atoms with Gasteiger partial charge in [0.25, 0.3) is 0 Å². The number of hydrogen-bond acceptors (Lipinski definition) is 3. The molecule has 0 aliphatic rings. The first-order chi connectivity index (χ1) is 11.4. The molecule has 0 aliphatic heterocycles. The molecule has 0 radical (unpaired) electrons. The molecule has 3 rings (SSSR count). The van der Waals surface area contributed by atoms with Crippen molar-refractivity contribution in [1.82, 2.24) is 4.98 Å². The highest BCUT2D eigenvalue weighted by Crippen LogP contribution is 2.03. The number of aliphatic hydroxyl groups is 1. The molecule has 3 aromatic rings. The Labute approximate surface area is 136 Å². The average molecular weight is 303 g/mol. The Morgan fingerprint density at radius 3 is 2.17 bits per heavy atom. The molecule has 0 atom stereocenters. The third-order valence-corrected chi connectivity index (χ3v) is 3.69. The summed E-state index contributed by atoms with van der Waals surface area (Å²) >= 11 is 0. The smallest absolute Gasteiger partial charge is 0.361 e. The molecule has 0 saturated heterocycles. The number of nitrogens with zero attached hydrogens (tertiary/aromatic N) is 1. The van der Waals surface area contributed by atoms with Gasteiger partial charge >= 0.3 is 6.92 Å². The standard InChI is InChI=1S/C19H18BNO2/c22-14-16-9-11-18(12-10-16)20(17-6-2-1-3-7-17)23-15-19-8-4-5-13-21-19/h1-13,22H,14-15H2. The maximum Gasteiger partial charge on any atom is 0.361 e. The third-order valence-electron chi connectivity index (χ3n) is 3.69. The molecule has 0 saturated carbocycles. The van der Waals surface area contributed by atoms with Gasteiger partial charge in [-0.3, -0.25) is 4.98 Å². The van der Waals surface area contributed by atoms with E-state index >= 15 is 0 Å². The number of rotatable bonds is 6. The summed E-state index contributed by atoms with van der Waals surface area (Å²) in [4.78, 5) is 4.31. The number of hydrogen-bond donors (Lipinski definition) is 1. The van der Waals surface area contributed by atoms with E-state index in [0.717, 1.165) is 22.2 Å². The van der Waals surface area contributed by atoms with Gasteiger partial charge in [-0.25, -0.2) is 0 Å². The predicted molar refractivity (Wildman–Crippen MR) is 92.9 cm³/mol. The summed E-state index contributed by atoms with van der Waals surface area (Å²) in [6.45, 7) is 0.332. The first-order valence-electron chi connectivity index (χ1n) is 7.63. The Hall–Kier alpha value is -2.43. The van der Waals surface area contributed by atoms with E-state index in [1.165, 1.54) is 0 Å². The second kappa shape index (κ2) is 7.72. The Kier molecular flexibility index (Phi) is 5.19. The summed E-state index contributed by atoms with van der Waals surface area (Å²) in [5.74, 6) is 0. The molecule has 114 valence electrons. The Morgan fingerprint density at radius 1 is 0.826 bits per heavy atom. The van der Waals surface area contributed by atoms with Gasteiger partial charge in [-0.15, -0.1) is 0 Å². The van der Waals surface area contributed by atoms with Crippen molar-refractivity contribution in [3.8, 4) is 0 Å². The summed E-state index contributed by atoms with van der Waals surface area (Å²) in [7, 11) is 0.